The number of carbonyl (C=O) groups is 8. The number of carbonyl (C=O) groups excluding carboxylic acids is 4. The van der Waals surface area contributed by atoms with Crippen LogP contribution in [0.2, 0.25) is 0 Å². The molecule has 0 aromatic heterocycles. The van der Waals surface area contributed by atoms with Crippen LogP contribution in [0, 0.1) is 0 Å². The number of benzene rings is 1. The fourth-order valence-corrected chi connectivity index (χ4v) is 3.91. The van der Waals surface area contributed by atoms with Gasteiger partial charge in [-0.1, -0.05) is 12.1 Å². The number of hydrogen-bond donors (Lipinski definition) is 8. The Morgan fingerprint density at radius 3 is 1.09 bits per heavy atom. The Hall–Kier alpha value is -4.72. The molecule has 1 aromatic carbocycles. The van der Waals surface area contributed by atoms with Crippen LogP contribution in [0.15, 0.2) is 24.3 Å². The summed E-state index contributed by atoms with van der Waals surface area (Å²) in [5, 5.41) is 37.5. The quantitative estimate of drug-likeness (QED) is 0.0741. The van der Waals surface area contributed by atoms with E-state index in [1.165, 1.54) is 0 Å². The van der Waals surface area contributed by atoms with Gasteiger partial charge in [-0.2, -0.15) is 0 Å². The second-order valence-electron chi connectivity index (χ2n) is 8.33. The van der Waals surface area contributed by atoms with Crippen molar-refractivity contribution in [3.8, 4) is 0 Å². The van der Waals surface area contributed by atoms with E-state index in [1.807, 2.05) is 0 Å². The summed E-state index contributed by atoms with van der Waals surface area (Å²) in [6.07, 6.45) is -7.06. The number of carboxylic acid groups (broad SMARTS) is 4. The molecule has 0 radical (unpaired) electrons. The molecule has 2 atom stereocenters. The number of phosphoric acid groups is 2. The minimum Gasteiger partial charge on any atom is -0.481 e. The van der Waals surface area contributed by atoms with Gasteiger partial charge in [-0.15, -0.1) is 0 Å². The summed E-state index contributed by atoms with van der Waals surface area (Å²) in [6.45, 7) is 0. The first-order chi connectivity index (χ1) is 19.9. The molecule has 2 unspecified atom stereocenters. The van der Waals surface area contributed by atoms with Crippen molar-refractivity contribution in [2.45, 2.75) is 36.9 Å². The van der Waals surface area contributed by atoms with Crippen LogP contribution < -0.4 is 0 Å². The van der Waals surface area contributed by atoms with E-state index < -0.39 is 111 Å². The number of rotatable bonds is 16. The molecule has 0 saturated heterocycles. The van der Waals surface area contributed by atoms with E-state index in [4.69, 9.17) is 29.8 Å². The van der Waals surface area contributed by atoms with Gasteiger partial charge in [0.15, 0.2) is 0 Å². The summed E-state index contributed by atoms with van der Waals surface area (Å²) >= 11 is 0. The molecular weight excluding hydrogens is 654 g/mol. The van der Waals surface area contributed by atoms with Gasteiger partial charge >= 0.3 is 63.4 Å². The highest BCUT2D eigenvalue weighted by atomic mass is 31.2. The Kier molecular flexibility index (Phi) is 12.0. The van der Waals surface area contributed by atoms with E-state index in [1.54, 1.807) is 0 Å². The maximum Gasteiger partial charge on any atom is 0.526 e. The van der Waals surface area contributed by atoms with Crippen LogP contribution in [0.1, 0.15) is 46.4 Å². The van der Waals surface area contributed by atoms with Gasteiger partial charge in [-0.3, -0.25) is 38.8 Å². The van der Waals surface area contributed by atoms with E-state index >= 15 is 0 Å². The third-order valence-corrected chi connectivity index (χ3v) is 5.78. The minimum absolute atomic E-state index is 0.683. The van der Waals surface area contributed by atoms with E-state index in [-0.39, 0.29) is 0 Å². The van der Waals surface area contributed by atoms with Crippen molar-refractivity contribution < 1.29 is 106 Å². The van der Waals surface area contributed by atoms with E-state index in [2.05, 4.69) is 18.5 Å². The molecule has 44 heavy (non-hydrogen) atoms. The summed E-state index contributed by atoms with van der Waals surface area (Å²) in [4.78, 5) is 131. The predicted octanol–water partition coefficient (Wildman–Crippen LogP) is -1.35. The van der Waals surface area contributed by atoms with E-state index in [0.29, 0.717) is 12.1 Å². The molecule has 0 heterocycles. The highest BCUT2D eigenvalue weighted by molar-refractivity contribution is 7.47. The molecule has 0 fully saturated rings. The Morgan fingerprint density at radius 2 is 0.864 bits per heavy atom. The topological polar surface area (TPSA) is 369 Å². The lowest BCUT2D eigenvalue weighted by atomic mass is 9.94. The molecule has 24 heteroatoms. The summed E-state index contributed by atoms with van der Waals surface area (Å²) in [6, 6.07) is 3.33. The van der Waals surface area contributed by atoms with Crippen molar-refractivity contribution in [2.24, 2.45) is 0 Å². The lowest BCUT2D eigenvalue weighted by Crippen LogP contribution is -2.48. The Balaban J connectivity index is 3.59. The van der Waals surface area contributed by atoms with Crippen LogP contribution in [-0.4, -0.2) is 99.0 Å². The molecular formula is C20H20O22P2. The predicted molar refractivity (Wildman–Crippen MR) is 128 cm³/mol. The smallest absolute Gasteiger partial charge is 0.481 e. The molecule has 0 bridgehead atoms. The molecule has 1 rings (SSSR count). The van der Waals surface area contributed by atoms with Crippen LogP contribution in [-0.2, 0) is 56.4 Å². The zero-order valence-electron chi connectivity index (χ0n) is 21.3. The highest BCUT2D eigenvalue weighted by Crippen LogP contribution is 2.39. The molecule has 0 amide bonds. The molecule has 242 valence electrons. The highest BCUT2D eigenvalue weighted by Gasteiger charge is 2.51. The number of ether oxygens (including phenoxy) is 2. The standard InChI is InChI=1S/C20H20O22P2/c21-11(22)5-19(17(29)30,7-13(25)41-43(33,34)35)39-15(27)9-3-1-2-4-10(9)16(28)40-20(18(31)32,6-12(23)24)8-14(26)42-44(36,37)38/h1-4H,5-8H2,(H,21,22)(H,23,24)(H,29,30)(H,31,32)(H2,33,34,35)(H2,36,37,38). The van der Waals surface area contributed by atoms with Crippen molar-refractivity contribution in [1.29, 1.82) is 0 Å². The Labute approximate surface area is 242 Å². The molecule has 0 aliphatic carbocycles. The van der Waals surface area contributed by atoms with Crippen molar-refractivity contribution in [3.05, 3.63) is 35.4 Å². The first-order valence-electron chi connectivity index (χ1n) is 10.9. The number of esters is 2. The summed E-state index contributed by atoms with van der Waals surface area (Å²) in [5.74, 6) is -16.8. The Morgan fingerprint density at radius 1 is 0.568 bits per heavy atom. The van der Waals surface area contributed by atoms with Crippen molar-refractivity contribution in [3.63, 3.8) is 0 Å². The molecule has 0 saturated carbocycles. The van der Waals surface area contributed by atoms with Gasteiger partial charge in [-0.25, -0.2) is 28.3 Å². The van der Waals surface area contributed by atoms with Crippen molar-refractivity contribution in [1.82, 2.24) is 0 Å². The van der Waals surface area contributed by atoms with Crippen LogP contribution in [0.5, 0.6) is 0 Å². The first-order valence-corrected chi connectivity index (χ1v) is 14.0. The summed E-state index contributed by atoms with van der Waals surface area (Å²) < 4.78 is 38.5. The van der Waals surface area contributed by atoms with Crippen LogP contribution in [0.3, 0.4) is 0 Å². The van der Waals surface area contributed by atoms with Gasteiger partial charge in [0, 0.05) is 0 Å². The lowest BCUT2D eigenvalue weighted by molar-refractivity contribution is -0.171. The summed E-state index contributed by atoms with van der Waals surface area (Å²) in [5.41, 5.74) is -8.98. The van der Waals surface area contributed by atoms with Crippen molar-refractivity contribution >= 4 is 63.4 Å². The molecule has 0 aliphatic heterocycles. The normalized spacial score (nSPS) is 14.1. The molecule has 22 nitrogen and oxygen atoms in total. The minimum atomic E-state index is -5.60. The average Bonchev–Trinajstić information content (AvgIpc) is 2.80. The zero-order chi connectivity index (χ0) is 34.3. The van der Waals surface area contributed by atoms with Crippen LogP contribution >= 0.6 is 15.6 Å². The molecule has 1 aromatic rings. The number of phosphoric ester groups is 2. The van der Waals surface area contributed by atoms with E-state index in [9.17, 15) is 57.7 Å². The second-order valence-corrected chi connectivity index (χ2v) is 10.7. The second kappa shape index (κ2) is 14.2. The number of carboxylic acids is 4. The monoisotopic (exact) mass is 674 g/mol. The van der Waals surface area contributed by atoms with Crippen LogP contribution in [0.25, 0.3) is 0 Å². The first kappa shape index (κ1) is 37.3. The Bertz CT molecular complexity index is 1360. The fourth-order valence-electron chi connectivity index (χ4n) is 3.25. The van der Waals surface area contributed by atoms with Gasteiger partial charge in [-0.05, 0) is 12.1 Å². The van der Waals surface area contributed by atoms with E-state index in [0.717, 1.165) is 12.1 Å². The molecule has 8 N–H and O–H groups in total. The van der Waals surface area contributed by atoms with Gasteiger partial charge in [0.2, 0.25) is 11.2 Å². The zero-order valence-corrected chi connectivity index (χ0v) is 23.1. The van der Waals surface area contributed by atoms with Crippen molar-refractivity contribution in [2.75, 3.05) is 0 Å². The van der Waals surface area contributed by atoms with Gasteiger partial charge in [0.1, 0.15) is 0 Å². The SMILES string of the molecule is O=C(O)CC(CC(=O)OP(=O)(O)O)(OC(=O)c1ccccc1C(=O)OC(CC(=O)O)(CC(=O)OP(=O)(O)O)C(=O)O)C(=O)O. The molecule has 0 spiro atoms. The average molecular weight is 674 g/mol. The number of aliphatic carboxylic acids is 4. The van der Waals surface area contributed by atoms with Gasteiger partial charge < -0.3 is 38.9 Å². The summed E-state index contributed by atoms with van der Waals surface area (Å²) in [7, 11) is -11.2. The lowest BCUT2D eigenvalue weighted by Gasteiger charge is -2.28. The van der Waals surface area contributed by atoms with Crippen LogP contribution in [0.4, 0.5) is 0 Å². The maximum absolute atomic E-state index is 13.0. The van der Waals surface area contributed by atoms with Gasteiger partial charge in [0.25, 0.3) is 0 Å². The third-order valence-electron chi connectivity index (χ3n) is 4.90. The third kappa shape index (κ3) is 11.2. The largest absolute Gasteiger partial charge is 0.526 e. The number of hydrogen-bond acceptors (Lipinski definition) is 14. The fraction of sp³-hybridized carbons (Fsp3) is 0.300. The molecule has 0 aliphatic rings. The van der Waals surface area contributed by atoms with Gasteiger partial charge in [0.05, 0.1) is 36.8 Å². The maximum atomic E-state index is 13.0.